The topological polar surface area (TPSA) is 142 Å². The van der Waals surface area contributed by atoms with Gasteiger partial charge in [0.2, 0.25) is 11.8 Å². The van der Waals surface area contributed by atoms with Gasteiger partial charge in [0, 0.05) is 12.8 Å². The Morgan fingerprint density at radius 2 is 1.02 bits per heavy atom. The number of hydrogen-bond donors (Lipinski definition) is 4. The highest BCUT2D eigenvalue weighted by Crippen LogP contribution is 2.19. The molecule has 0 saturated carbocycles. The van der Waals surface area contributed by atoms with Crippen LogP contribution in [0.25, 0.3) is 0 Å². The molecule has 2 amide bonds. The summed E-state index contributed by atoms with van der Waals surface area (Å²) >= 11 is 0. The number of aliphatic hydroxyl groups excluding tert-OH is 1. The monoisotopic (exact) mass is 789 g/mol. The number of amides is 2. The Kier molecular flexibility index (Phi) is 39.5. The Morgan fingerprint density at radius 3 is 1.54 bits per heavy atom. The molecule has 0 aromatic rings. The number of unbranched alkanes of at least 4 members (excludes halogenated alkanes) is 21. The van der Waals surface area contributed by atoms with Crippen molar-refractivity contribution in [1.82, 2.24) is 10.6 Å². The summed E-state index contributed by atoms with van der Waals surface area (Å²) in [6, 6.07) is -1.38. The predicted molar refractivity (Wildman–Crippen MR) is 231 cm³/mol. The molecule has 0 fully saturated rings. The lowest BCUT2D eigenvalue weighted by Crippen LogP contribution is -2.47. The van der Waals surface area contributed by atoms with Crippen molar-refractivity contribution in [3.8, 4) is 0 Å². The average molecular weight is 789 g/mol. The quantitative estimate of drug-likeness (QED) is 0.0274. The third-order valence-corrected chi connectivity index (χ3v) is 10.2. The van der Waals surface area contributed by atoms with Crippen molar-refractivity contribution < 1.29 is 34.1 Å². The SMILES string of the molecule is CC/C=C\C/C=C\C/C=C\CCCCCCCC(=O)OC(CCCCCCCCCCCCCCC)CCCCCCCC(=O)NCC(=O)NC(CO)C(=O)O. The maximum absolute atomic E-state index is 12.8. The van der Waals surface area contributed by atoms with Crippen LogP contribution in [0.1, 0.15) is 213 Å². The molecule has 0 spiro atoms. The Labute approximate surface area is 342 Å². The van der Waals surface area contributed by atoms with Gasteiger partial charge in [0.25, 0.3) is 0 Å². The van der Waals surface area contributed by atoms with Crippen LogP contribution in [0, 0.1) is 0 Å². The first kappa shape index (κ1) is 53.1. The summed E-state index contributed by atoms with van der Waals surface area (Å²) < 4.78 is 6.04. The lowest BCUT2D eigenvalue weighted by atomic mass is 10.0. The fraction of sp³-hybridized carbons (Fsp3) is 0.787. The summed E-state index contributed by atoms with van der Waals surface area (Å²) in [4.78, 5) is 47.6. The van der Waals surface area contributed by atoms with Crippen molar-refractivity contribution >= 4 is 23.8 Å². The highest BCUT2D eigenvalue weighted by molar-refractivity contribution is 5.87. The van der Waals surface area contributed by atoms with Crippen molar-refractivity contribution in [2.75, 3.05) is 13.2 Å². The summed E-state index contributed by atoms with van der Waals surface area (Å²) in [6.45, 7) is 3.38. The van der Waals surface area contributed by atoms with E-state index in [1.165, 1.54) is 89.9 Å². The molecule has 9 nitrogen and oxygen atoms in total. The zero-order valence-corrected chi connectivity index (χ0v) is 35.9. The molecule has 0 aliphatic carbocycles. The first-order valence-electron chi connectivity index (χ1n) is 22.9. The van der Waals surface area contributed by atoms with E-state index in [4.69, 9.17) is 14.9 Å². The van der Waals surface area contributed by atoms with Crippen LogP contribution in [-0.4, -0.2) is 59.3 Å². The largest absolute Gasteiger partial charge is 0.480 e. The minimum Gasteiger partial charge on any atom is -0.480 e. The van der Waals surface area contributed by atoms with Crippen molar-refractivity contribution in [2.45, 2.75) is 225 Å². The molecule has 0 aliphatic heterocycles. The van der Waals surface area contributed by atoms with Gasteiger partial charge in [-0.2, -0.15) is 0 Å². The summed E-state index contributed by atoms with van der Waals surface area (Å²) in [7, 11) is 0. The van der Waals surface area contributed by atoms with Crippen molar-refractivity contribution in [3.63, 3.8) is 0 Å². The van der Waals surface area contributed by atoms with Crippen LogP contribution < -0.4 is 10.6 Å². The molecule has 0 aromatic heterocycles. The average Bonchev–Trinajstić information content (AvgIpc) is 3.18. The number of carboxylic acid groups (broad SMARTS) is 1. The van der Waals surface area contributed by atoms with Gasteiger partial charge in [-0.05, 0) is 70.6 Å². The maximum Gasteiger partial charge on any atom is 0.328 e. The molecule has 2 unspecified atom stereocenters. The zero-order chi connectivity index (χ0) is 41.2. The number of rotatable bonds is 41. The number of aliphatic hydroxyl groups is 1. The smallest absolute Gasteiger partial charge is 0.328 e. The Morgan fingerprint density at radius 1 is 0.554 bits per heavy atom. The zero-order valence-electron chi connectivity index (χ0n) is 35.9. The molecule has 0 aromatic carbocycles. The van der Waals surface area contributed by atoms with E-state index in [2.05, 4.69) is 60.9 Å². The van der Waals surface area contributed by atoms with E-state index < -0.39 is 24.5 Å². The van der Waals surface area contributed by atoms with Gasteiger partial charge in [-0.3, -0.25) is 14.4 Å². The van der Waals surface area contributed by atoms with E-state index in [1.54, 1.807) is 0 Å². The van der Waals surface area contributed by atoms with Crippen molar-refractivity contribution in [1.29, 1.82) is 0 Å². The summed E-state index contributed by atoms with van der Waals surface area (Å²) in [5, 5.41) is 22.6. The summed E-state index contributed by atoms with van der Waals surface area (Å²) in [5.41, 5.74) is 0. The minimum absolute atomic E-state index is 0.0203. The second kappa shape index (κ2) is 41.7. The van der Waals surface area contributed by atoms with Crippen LogP contribution in [-0.2, 0) is 23.9 Å². The molecule has 324 valence electrons. The van der Waals surface area contributed by atoms with E-state index in [9.17, 15) is 19.2 Å². The number of aliphatic carboxylic acids is 1. The highest BCUT2D eigenvalue weighted by Gasteiger charge is 2.19. The fourth-order valence-electron chi connectivity index (χ4n) is 6.67. The van der Waals surface area contributed by atoms with Crippen LogP contribution >= 0.6 is 0 Å². The van der Waals surface area contributed by atoms with Gasteiger partial charge >= 0.3 is 11.9 Å². The van der Waals surface area contributed by atoms with Crippen LogP contribution in [0.4, 0.5) is 0 Å². The van der Waals surface area contributed by atoms with Crippen LogP contribution in [0.3, 0.4) is 0 Å². The molecule has 0 aliphatic rings. The molecule has 9 heteroatoms. The van der Waals surface area contributed by atoms with E-state index in [1.807, 2.05) is 0 Å². The molecule has 0 rings (SSSR count). The normalized spacial score (nSPS) is 12.8. The molecule has 0 radical (unpaired) electrons. The van der Waals surface area contributed by atoms with Gasteiger partial charge in [-0.25, -0.2) is 4.79 Å². The van der Waals surface area contributed by atoms with Crippen molar-refractivity contribution in [2.24, 2.45) is 0 Å². The van der Waals surface area contributed by atoms with Crippen LogP contribution in [0.15, 0.2) is 36.5 Å². The molecular formula is C47H84N2O7. The molecule has 4 N–H and O–H groups in total. The first-order chi connectivity index (χ1) is 27.3. The second-order valence-electron chi connectivity index (χ2n) is 15.5. The first-order valence-corrected chi connectivity index (χ1v) is 22.9. The predicted octanol–water partition coefficient (Wildman–Crippen LogP) is 11.4. The number of esters is 1. The molecule has 0 heterocycles. The summed E-state index contributed by atoms with van der Waals surface area (Å²) in [5.74, 6) is -2.30. The van der Waals surface area contributed by atoms with Gasteiger partial charge in [0.15, 0.2) is 0 Å². The van der Waals surface area contributed by atoms with Gasteiger partial charge in [0.05, 0.1) is 13.2 Å². The number of hydrogen-bond acceptors (Lipinski definition) is 6. The molecule has 56 heavy (non-hydrogen) atoms. The lowest BCUT2D eigenvalue weighted by Gasteiger charge is -2.18. The number of allylic oxidation sites excluding steroid dienone is 6. The van der Waals surface area contributed by atoms with Gasteiger partial charge in [-0.1, -0.05) is 166 Å². The minimum atomic E-state index is -1.38. The standard InChI is InChI=1S/C47H84N2O7/c1-3-5-7-9-11-13-15-17-18-20-22-24-26-31-35-39-46(53)56-42(36-32-28-25-23-21-19-16-14-12-10-8-6-4-2)37-33-29-27-30-34-38-44(51)48-40-45(52)49-43(41-50)47(54)55/h5,7,11,13,17-18,42-43,50H,3-4,6,8-10,12,14-16,19-41H2,1-2H3,(H,48,51)(H,49,52)(H,54,55)/b7-5-,13-11-,18-17-. The maximum atomic E-state index is 12.8. The number of nitrogens with one attached hydrogen (secondary N) is 2. The van der Waals surface area contributed by atoms with Gasteiger partial charge in [0.1, 0.15) is 12.1 Å². The van der Waals surface area contributed by atoms with Crippen LogP contribution in [0.2, 0.25) is 0 Å². The van der Waals surface area contributed by atoms with E-state index in [0.717, 1.165) is 89.9 Å². The lowest BCUT2D eigenvalue weighted by molar-refractivity contribution is -0.150. The van der Waals surface area contributed by atoms with Crippen LogP contribution in [0.5, 0.6) is 0 Å². The Hall–Kier alpha value is -2.94. The van der Waals surface area contributed by atoms with E-state index >= 15 is 0 Å². The van der Waals surface area contributed by atoms with Gasteiger partial charge in [-0.15, -0.1) is 0 Å². The number of carbonyl (C=O) groups is 4. The third-order valence-electron chi connectivity index (χ3n) is 10.2. The number of carbonyl (C=O) groups excluding carboxylic acids is 3. The van der Waals surface area contributed by atoms with E-state index in [-0.39, 0.29) is 24.5 Å². The third kappa shape index (κ3) is 38.0. The molecule has 0 bridgehead atoms. The highest BCUT2D eigenvalue weighted by atomic mass is 16.5. The number of ether oxygens (including phenoxy) is 1. The molecular weight excluding hydrogens is 705 g/mol. The fourth-order valence-corrected chi connectivity index (χ4v) is 6.67. The Bertz CT molecular complexity index is 1040. The number of carboxylic acids is 1. The second-order valence-corrected chi connectivity index (χ2v) is 15.5. The summed E-state index contributed by atoms with van der Waals surface area (Å²) in [6.07, 6.45) is 47.4. The van der Waals surface area contributed by atoms with E-state index in [0.29, 0.717) is 19.3 Å². The Balaban J connectivity index is 4.34. The van der Waals surface area contributed by atoms with Gasteiger partial charge < -0.3 is 25.6 Å². The van der Waals surface area contributed by atoms with Crippen molar-refractivity contribution in [3.05, 3.63) is 36.5 Å². The molecule has 2 atom stereocenters. The molecule has 0 saturated heterocycles.